The number of aromatic nitrogens is 3. The van der Waals surface area contributed by atoms with E-state index < -0.39 is 4.92 Å². The standard InChI is InChI=1S/C11H13N5O3/c1-19-8-2-3-10(16(17)18)9(6-8)12-5-4-11-13-7-14-15-11/h2-3,6-7,12H,4-5H2,1H3,(H,13,14,15). The van der Waals surface area contributed by atoms with Gasteiger partial charge in [0.15, 0.2) is 0 Å². The number of hydrogen-bond donors (Lipinski definition) is 2. The molecule has 100 valence electrons. The summed E-state index contributed by atoms with van der Waals surface area (Å²) in [4.78, 5) is 14.4. The van der Waals surface area contributed by atoms with E-state index in [4.69, 9.17) is 4.74 Å². The van der Waals surface area contributed by atoms with Crippen LogP contribution in [-0.4, -0.2) is 33.8 Å². The Kier molecular flexibility index (Phi) is 3.91. The Morgan fingerprint density at radius 2 is 2.37 bits per heavy atom. The Labute approximate surface area is 109 Å². The molecule has 0 saturated heterocycles. The molecule has 0 fully saturated rings. The second-order valence-electron chi connectivity index (χ2n) is 3.75. The molecule has 0 unspecified atom stereocenters. The van der Waals surface area contributed by atoms with Crippen LogP contribution in [0, 0.1) is 10.1 Å². The largest absolute Gasteiger partial charge is 0.497 e. The highest BCUT2D eigenvalue weighted by atomic mass is 16.6. The number of benzene rings is 1. The summed E-state index contributed by atoms with van der Waals surface area (Å²) in [6, 6.07) is 4.56. The van der Waals surface area contributed by atoms with Crippen molar-refractivity contribution in [3.05, 3.63) is 40.5 Å². The maximum absolute atomic E-state index is 10.9. The van der Waals surface area contributed by atoms with Gasteiger partial charge in [-0.25, -0.2) is 4.98 Å². The third kappa shape index (κ3) is 3.18. The number of H-pyrrole nitrogens is 1. The zero-order valence-electron chi connectivity index (χ0n) is 10.3. The highest BCUT2D eigenvalue weighted by Crippen LogP contribution is 2.28. The smallest absolute Gasteiger partial charge is 0.292 e. The number of nitro groups is 1. The number of ether oxygens (including phenoxy) is 1. The predicted molar refractivity (Wildman–Crippen MR) is 68.2 cm³/mol. The van der Waals surface area contributed by atoms with Gasteiger partial charge in [-0.1, -0.05) is 0 Å². The highest BCUT2D eigenvalue weighted by molar-refractivity contribution is 5.64. The van der Waals surface area contributed by atoms with Crippen molar-refractivity contribution < 1.29 is 9.66 Å². The topological polar surface area (TPSA) is 106 Å². The molecule has 0 saturated carbocycles. The summed E-state index contributed by atoms with van der Waals surface area (Å²) in [6.07, 6.45) is 2.01. The molecular weight excluding hydrogens is 250 g/mol. The highest BCUT2D eigenvalue weighted by Gasteiger charge is 2.14. The molecule has 8 nitrogen and oxygen atoms in total. The molecule has 1 heterocycles. The fraction of sp³-hybridized carbons (Fsp3) is 0.273. The molecule has 0 atom stereocenters. The molecule has 19 heavy (non-hydrogen) atoms. The average Bonchev–Trinajstić information content (AvgIpc) is 2.91. The first-order chi connectivity index (χ1) is 9.20. The van der Waals surface area contributed by atoms with Crippen LogP contribution in [0.5, 0.6) is 5.75 Å². The van der Waals surface area contributed by atoms with Crippen molar-refractivity contribution in [2.45, 2.75) is 6.42 Å². The molecule has 0 bridgehead atoms. The molecule has 2 aromatic rings. The summed E-state index contributed by atoms with van der Waals surface area (Å²) in [5.74, 6) is 1.28. The number of nitro benzene ring substituents is 1. The van der Waals surface area contributed by atoms with Crippen LogP contribution in [0.4, 0.5) is 11.4 Å². The van der Waals surface area contributed by atoms with Gasteiger partial charge in [-0.05, 0) is 6.07 Å². The van der Waals surface area contributed by atoms with Gasteiger partial charge >= 0.3 is 0 Å². The van der Waals surface area contributed by atoms with Crippen LogP contribution in [0.1, 0.15) is 5.82 Å². The third-order valence-electron chi connectivity index (χ3n) is 2.54. The minimum absolute atomic E-state index is 0.0124. The summed E-state index contributed by atoms with van der Waals surface area (Å²) in [7, 11) is 1.51. The summed E-state index contributed by atoms with van der Waals surface area (Å²) in [6.45, 7) is 0.503. The van der Waals surface area contributed by atoms with Gasteiger partial charge in [-0.3, -0.25) is 15.2 Å². The van der Waals surface area contributed by atoms with Gasteiger partial charge in [0, 0.05) is 25.1 Å². The number of aromatic amines is 1. The molecule has 0 amide bonds. The van der Waals surface area contributed by atoms with Crippen molar-refractivity contribution in [1.82, 2.24) is 15.2 Å². The van der Waals surface area contributed by atoms with Crippen molar-refractivity contribution in [2.75, 3.05) is 19.0 Å². The van der Waals surface area contributed by atoms with Gasteiger partial charge in [0.2, 0.25) is 0 Å². The predicted octanol–water partition coefficient (Wildman–Crippen LogP) is 1.38. The second-order valence-corrected chi connectivity index (χ2v) is 3.75. The number of anilines is 1. The van der Waals surface area contributed by atoms with Crippen molar-refractivity contribution in [3.8, 4) is 5.75 Å². The fourth-order valence-corrected chi connectivity index (χ4v) is 1.61. The van der Waals surface area contributed by atoms with E-state index in [1.807, 2.05) is 0 Å². The first-order valence-corrected chi connectivity index (χ1v) is 5.61. The van der Waals surface area contributed by atoms with Crippen LogP contribution < -0.4 is 10.1 Å². The van der Waals surface area contributed by atoms with Crippen LogP contribution in [0.2, 0.25) is 0 Å². The molecule has 2 rings (SSSR count). The quantitative estimate of drug-likeness (QED) is 0.602. The van der Waals surface area contributed by atoms with E-state index in [1.165, 1.54) is 19.5 Å². The SMILES string of the molecule is COc1ccc([N+](=O)[O-])c(NCCc2ncn[nH]2)c1. The number of methoxy groups -OCH3 is 1. The summed E-state index contributed by atoms with van der Waals surface area (Å²) < 4.78 is 5.05. The monoisotopic (exact) mass is 263 g/mol. The zero-order valence-corrected chi connectivity index (χ0v) is 10.3. The van der Waals surface area contributed by atoms with E-state index >= 15 is 0 Å². The Bertz CT molecular complexity index is 555. The Balaban J connectivity index is 2.06. The van der Waals surface area contributed by atoms with Crippen LogP contribution in [0.3, 0.4) is 0 Å². The molecule has 2 N–H and O–H groups in total. The molecule has 0 aliphatic heterocycles. The molecule has 0 aliphatic rings. The van der Waals surface area contributed by atoms with E-state index in [-0.39, 0.29) is 5.69 Å². The first-order valence-electron chi connectivity index (χ1n) is 5.61. The maximum Gasteiger partial charge on any atom is 0.292 e. The van der Waals surface area contributed by atoms with Gasteiger partial charge in [0.1, 0.15) is 23.6 Å². The van der Waals surface area contributed by atoms with Gasteiger partial charge in [-0.2, -0.15) is 5.10 Å². The summed E-state index contributed by atoms with van der Waals surface area (Å²) in [5, 5.41) is 20.4. The Hall–Kier alpha value is -2.64. The lowest BCUT2D eigenvalue weighted by atomic mass is 10.2. The number of rotatable bonds is 6. The number of nitrogens with one attached hydrogen (secondary N) is 2. The lowest BCUT2D eigenvalue weighted by Crippen LogP contribution is -2.08. The molecule has 0 aliphatic carbocycles. The van der Waals surface area contributed by atoms with Crippen molar-refractivity contribution >= 4 is 11.4 Å². The van der Waals surface area contributed by atoms with E-state index in [9.17, 15) is 10.1 Å². The van der Waals surface area contributed by atoms with Crippen molar-refractivity contribution in [3.63, 3.8) is 0 Å². The van der Waals surface area contributed by atoms with E-state index in [2.05, 4.69) is 20.5 Å². The Morgan fingerprint density at radius 3 is 3.00 bits per heavy atom. The van der Waals surface area contributed by atoms with Gasteiger partial charge in [0.05, 0.1) is 12.0 Å². The lowest BCUT2D eigenvalue weighted by Gasteiger charge is -2.08. The summed E-state index contributed by atoms with van der Waals surface area (Å²) >= 11 is 0. The normalized spacial score (nSPS) is 10.2. The molecule has 0 spiro atoms. The zero-order chi connectivity index (χ0) is 13.7. The van der Waals surface area contributed by atoms with Crippen LogP contribution in [0.25, 0.3) is 0 Å². The number of nitrogens with zero attached hydrogens (tertiary/aromatic N) is 3. The Morgan fingerprint density at radius 1 is 1.53 bits per heavy atom. The van der Waals surface area contributed by atoms with Gasteiger partial charge in [-0.15, -0.1) is 0 Å². The van der Waals surface area contributed by atoms with Crippen molar-refractivity contribution in [1.29, 1.82) is 0 Å². The molecule has 1 aromatic carbocycles. The number of hydrogen-bond acceptors (Lipinski definition) is 6. The van der Waals surface area contributed by atoms with Crippen LogP contribution in [-0.2, 0) is 6.42 Å². The van der Waals surface area contributed by atoms with E-state index in [1.54, 1.807) is 12.1 Å². The minimum atomic E-state index is -0.434. The van der Waals surface area contributed by atoms with Gasteiger partial charge < -0.3 is 10.1 Å². The molecular formula is C11H13N5O3. The maximum atomic E-state index is 10.9. The average molecular weight is 263 g/mol. The molecule has 0 radical (unpaired) electrons. The van der Waals surface area contributed by atoms with E-state index in [0.29, 0.717) is 24.4 Å². The first kappa shape index (κ1) is 12.8. The fourth-order valence-electron chi connectivity index (χ4n) is 1.61. The second kappa shape index (κ2) is 5.80. The molecule has 1 aromatic heterocycles. The third-order valence-corrected chi connectivity index (χ3v) is 2.54. The van der Waals surface area contributed by atoms with Gasteiger partial charge in [0.25, 0.3) is 5.69 Å². The van der Waals surface area contributed by atoms with Crippen LogP contribution in [0.15, 0.2) is 24.5 Å². The van der Waals surface area contributed by atoms with E-state index in [0.717, 1.165) is 5.82 Å². The lowest BCUT2D eigenvalue weighted by molar-refractivity contribution is -0.384. The van der Waals surface area contributed by atoms with Crippen LogP contribution >= 0.6 is 0 Å². The minimum Gasteiger partial charge on any atom is -0.497 e. The summed E-state index contributed by atoms with van der Waals surface area (Å²) in [5.41, 5.74) is 0.433. The van der Waals surface area contributed by atoms with Crippen molar-refractivity contribution in [2.24, 2.45) is 0 Å². The molecule has 8 heteroatoms.